The summed E-state index contributed by atoms with van der Waals surface area (Å²) in [6.45, 7) is 6.14. The van der Waals surface area contributed by atoms with E-state index in [2.05, 4.69) is 10.0 Å². The fourth-order valence-electron chi connectivity index (χ4n) is 2.48. The van der Waals surface area contributed by atoms with Crippen molar-refractivity contribution in [3.63, 3.8) is 0 Å². The molecule has 1 atom stereocenters. The molecule has 0 saturated carbocycles. The summed E-state index contributed by atoms with van der Waals surface area (Å²) in [5.41, 5.74) is 2.44. The minimum absolute atomic E-state index is 0.226. The zero-order valence-corrected chi connectivity index (χ0v) is 16.2. The number of hydrogen-bond acceptors (Lipinski definition) is 4. The number of ether oxygens (including phenoxy) is 1. The molecule has 0 spiro atoms. The van der Waals surface area contributed by atoms with Crippen molar-refractivity contribution in [1.82, 2.24) is 5.32 Å². The Balaban J connectivity index is 2.16. The predicted octanol–water partition coefficient (Wildman–Crippen LogP) is 3.26. The van der Waals surface area contributed by atoms with Crippen molar-refractivity contribution in [2.75, 3.05) is 17.6 Å². The summed E-state index contributed by atoms with van der Waals surface area (Å²) in [4.78, 5) is 12.5. The van der Waals surface area contributed by atoms with Gasteiger partial charge in [0.05, 0.1) is 24.6 Å². The number of nitrogens with one attached hydrogen (secondary N) is 2. The highest BCUT2D eigenvalue weighted by Gasteiger charge is 2.14. The molecule has 0 fully saturated rings. The van der Waals surface area contributed by atoms with Gasteiger partial charge in [-0.05, 0) is 56.2 Å². The number of sulfonamides is 1. The first kappa shape index (κ1) is 19.8. The molecule has 0 aliphatic carbocycles. The molecule has 26 heavy (non-hydrogen) atoms. The van der Waals surface area contributed by atoms with Gasteiger partial charge in [-0.3, -0.25) is 9.52 Å². The van der Waals surface area contributed by atoms with Gasteiger partial charge < -0.3 is 10.1 Å². The molecule has 140 valence electrons. The van der Waals surface area contributed by atoms with Crippen LogP contribution in [0.5, 0.6) is 5.75 Å². The zero-order valence-electron chi connectivity index (χ0n) is 15.4. The maximum atomic E-state index is 12.5. The normalized spacial score (nSPS) is 12.3. The second kappa shape index (κ2) is 8.23. The summed E-state index contributed by atoms with van der Waals surface area (Å²) in [6, 6.07) is 12.2. The number of benzene rings is 2. The molecule has 2 aromatic carbocycles. The van der Waals surface area contributed by atoms with Crippen LogP contribution < -0.4 is 14.8 Å². The first-order valence-corrected chi connectivity index (χ1v) is 10.2. The van der Waals surface area contributed by atoms with Crippen LogP contribution in [-0.4, -0.2) is 27.2 Å². The fourth-order valence-corrected chi connectivity index (χ4v) is 3.10. The van der Waals surface area contributed by atoms with Gasteiger partial charge in [0.2, 0.25) is 10.0 Å². The zero-order chi connectivity index (χ0) is 19.3. The summed E-state index contributed by atoms with van der Waals surface area (Å²) in [6.07, 6.45) is 1.08. The standard InChI is InChI=1S/C19H24N2O4S/c1-5-25-17-8-6-7-15(11-17)14(3)20-19(22)16-10-9-13(2)18(12-16)21-26(4,23)24/h6-12,14,21H,5H2,1-4H3,(H,20,22). The summed E-state index contributed by atoms with van der Waals surface area (Å²) in [5.74, 6) is 0.469. The van der Waals surface area contributed by atoms with Crippen molar-refractivity contribution in [3.8, 4) is 5.75 Å². The third kappa shape index (κ3) is 5.49. The smallest absolute Gasteiger partial charge is 0.251 e. The van der Waals surface area contributed by atoms with E-state index in [1.807, 2.05) is 38.1 Å². The molecule has 2 aromatic rings. The number of carbonyl (C=O) groups excluding carboxylic acids is 1. The van der Waals surface area contributed by atoms with Crippen LogP contribution in [0.25, 0.3) is 0 Å². The lowest BCUT2D eigenvalue weighted by molar-refractivity contribution is 0.0940. The van der Waals surface area contributed by atoms with E-state index in [1.54, 1.807) is 19.1 Å². The number of amides is 1. The van der Waals surface area contributed by atoms with E-state index in [1.165, 1.54) is 6.07 Å². The predicted molar refractivity (Wildman–Crippen MR) is 103 cm³/mol. The number of rotatable bonds is 7. The molecule has 0 aliphatic heterocycles. The van der Waals surface area contributed by atoms with Crippen LogP contribution in [-0.2, 0) is 10.0 Å². The molecule has 1 unspecified atom stereocenters. The fraction of sp³-hybridized carbons (Fsp3) is 0.316. The molecule has 7 heteroatoms. The molecule has 0 aliphatic rings. The minimum Gasteiger partial charge on any atom is -0.494 e. The second-order valence-corrected chi connectivity index (χ2v) is 7.85. The van der Waals surface area contributed by atoms with Crippen LogP contribution in [0.1, 0.15) is 41.4 Å². The Morgan fingerprint density at radius 3 is 2.58 bits per heavy atom. The monoisotopic (exact) mass is 376 g/mol. The Labute approximate surface area is 154 Å². The Hall–Kier alpha value is -2.54. The van der Waals surface area contributed by atoms with Crippen molar-refractivity contribution in [2.45, 2.75) is 26.8 Å². The van der Waals surface area contributed by atoms with E-state index in [-0.39, 0.29) is 11.9 Å². The van der Waals surface area contributed by atoms with E-state index in [0.29, 0.717) is 17.9 Å². The molecule has 0 saturated heterocycles. The lowest BCUT2D eigenvalue weighted by atomic mass is 10.1. The Kier molecular flexibility index (Phi) is 6.26. The molecule has 0 bridgehead atoms. The van der Waals surface area contributed by atoms with Gasteiger partial charge in [0.15, 0.2) is 0 Å². The molecular weight excluding hydrogens is 352 g/mol. The maximum absolute atomic E-state index is 12.5. The van der Waals surface area contributed by atoms with Crippen LogP contribution >= 0.6 is 0 Å². The van der Waals surface area contributed by atoms with Crippen LogP contribution in [0.15, 0.2) is 42.5 Å². The summed E-state index contributed by atoms with van der Waals surface area (Å²) >= 11 is 0. The summed E-state index contributed by atoms with van der Waals surface area (Å²) in [5, 5.41) is 2.92. The molecule has 6 nitrogen and oxygen atoms in total. The highest BCUT2D eigenvalue weighted by Crippen LogP contribution is 2.21. The van der Waals surface area contributed by atoms with E-state index in [9.17, 15) is 13.2 Å². The van der Waals surface area contributed by atoms with Gasteiger partial charge in [0.1, 0.15) is 5.75 Å². The molecule has 2 rings (SSSR count). The molecule has 2 N–H and O–H groups in total. The van der Waals surface area contributed by atoms with E-state index in [0.717, 1.165) is 23.1 Å². The van der Waals surface area contributed by atoms with Crippen LogP contribution in [0.4, 0.5) is 5.69 Å². The summed E-state index contributed by atoms with van der Waals surface area (Å²) in [7, 11) is -3.41. The van der Waals surface area contributed by atoms with Gasteiger partial charge in [-0.2, -0.15) is 0 Å². The minimum atomic E-state index is -3.41. The van der Waals surface area contributed by atoms with E-state index in [4.69, 9.17) is 4.74 Å². The largest absolute Gasteiger partial charge is 0.494 e. The quantitative estimate of drug-likeness (QED) is 0.777. The lowest BCUT2D eigenvalue weighted by Gasteiger charge is -2.16. The highest BCUT2D eigenvalue weighted by atomic mass is 32.2. The van der Waals surface area contributed by atoms with Gasteiger partial charge in [-0.25, -0.2) is 8.42 Å². The average molecular weight is 376 g/mol. The van der Waals surface area contributed by atoms with Gasteiger partial charge in [-0.15, -0.1) is 0 Å². The number of aryl methyl sites for hydroxylation is 1. The molecular formula is C19H24N2O4S. The first-order chi connectivity index (χ1) is 12.2. The van der Waals surface area contributed by atoms with Crippen molar-refractivity contribution >= 4 is 21.6 Å². The third-order valence-corrected chi connectivity index (χ3v) is 4.40. The number of carbonyl (C=O) groups is 1. The van der Waals surface area contributed by atoms with Crippen molar-refractivity contribution in [3.05, 3.63) is 59.2 Å². The molecule has 0 aromatic heterocycles. The Morgan fingerprint density at radius 1 is 1.19 bits per heavy atom. The van der Waals surface area contributed by atoms with Crippen LogP contribution in [0.2, 0.25) is 0 Å². The van der Waals surface area contributed by atoms with Crippen molar-refractivity contribution in [2.24, 2.45) is 0 Å². The number of anilines is 1. The van der Waals surface area contributed by atoms with E-state index < -0.39 is 10.0 Å². The van der Waals surface area contributed by atoms with Gasteiger partial charge in [0.25, 0.3) is 5.91 Å². The van der Waals surface area contributed by atoms with Crippen molar-refractivity contribution < 1.29 is 17.9 Å². The maximum Gasteiger partial charge on any atom is 0.251 e. The Bertz CT molecular complexity index is 894. The van der Waals surface area contributed by atoms with Gasteiger partial charge in [-0.1, -0.05) is 18.2 Å². The third-order valence-electron chi connectivity index (χ3n) is 3.81. The lowest BCUT2D eigenvalue weighted by Crippen LogP contribution is -2.26. The summed E-state index contributed by atoms with van der Waals surface area (Å²) < 4.78 is 30.8. The number of hydrogen-bond donors (Lipinski definition) is 2. The Morgan fingerprint density at radius 2 is 1.92 bits per heavy atom. The second-order valence-electron chi connectivity index (χ2n) is 6.10. The average Bonchev–Trinajstić information content (AvgIpc) is 2.56. The van der Waals surface area contributed by atoms with E-state index >= 15 is 0 Å². The molecule has 1 amide bonds. The topological polar surface area (TPSA) is 84.5 Å². The highest BCUT2D eigenvalue weighted by molar-refractivity contribution is 7.92. The van der Waals surface area contributed by atoms with Gasteiger partial charge in [0, 0.05) is 5.56 Å². The molecule has 0 radical (unpaired) electrons. The van der Waals surface area contributed by atoms with Crippen molar-refractivity contribution in [1.29, 1.82) is 0 Å². The van der Waals surface area contributed by atoms with Crippen LogP contribution in [0, 0.1) is 6.92 Å². The first-order valence-electron chi connectivity index (χ1n) is 8.31. The SMILES string of the molecule is CCOc1cccc(C(C)NC(=O)c2ccc(C)c(NS(C)(=O)=O)c2)c1. The van der Waals surface area contributed by atoms with Gasteiger partial charge >= 0.3 is 0 Å². The molecule has 0 heterocycles. The van der Waals surface area contributed by atoms with Crippen LogP contribution in [0.3, 0.4) is 0 Å².